The van der Waals surface area contributed by atoms with Gasteiger partial charge in [-0.05, 0) is 44.2 Å². The van der Waals surface area contributed by atoms with Gasteiger partial charge in [0.25, 0.3) is 0 Å². The fourth-order valence-corrected chi connectivity index (χ4v) is 3.47. The molecule has 0 saturated carbocycles. The number of hydrogen-bond acceptors (Lipinski definition) is 4. The highest BCUT2D eigenvalue weighted by atomic mass is 127. The second-order valence-electron chi connectivity index (χ2n) is 7.96. The number of nitrogens with zero attached hydrogens (tertiary/aromatic N) is 2. The smallest absolute Gasteiger partial charge is 0.193 e. The Hall–Kier alpha value is -1.06. The van der Waals surface area contributed by atoms with Crippen molar-refractivity contribution in [3.05, 3.63) is 30.3 Å². The van der Waals surface area contributed by atoms with Gasteiger partial charge in [-0.2, -0.15) is 0 Å². The van der Waals surface area contributed by atoms with Crippen molar-refractivity contribution in [2.75, 3.05) is 51.8 Å². The fourth-order valence-electron chi connectivity index (χ4n) is 3.47. The van der Waals surface area contributed by atoms with Crippen LogP contribution in [0.3, 0.4) is 0 Å². The van der Waals surface area contributed by atoms with Gasteiger partial charge in [0.2, 0.25) is 0 Å². The Morgan fingerprint density at radius 3 is 2.47 bits per heavy atom. The summed E-state index contributed by atoms with van der Waals surface area (Å²) >= 11 is 0. The number of methoxy groups -OCH3 is 1. The van der Waals surface area contributed by atoms with Crippen molar-refractivity contribution >= 4 is 35.6 Å². The van der Waals surface area contributed by atoms with Crippen LogP contribution in [0.4, 0.5) is 5.69 Å². The van der Waals surface area contributed by atoms with Crippen molar-refractivity contribution in [2.45, 2.75) is 52.2 Å². The molecule has 2 rings (SSSR count). The van der Waals surface area contributed by atoms with E-state index in [0.29, 0.717) is 18.1 Å². The highest BCUT2D eigenvalue weighted by Crippen LogP contribution is 2.16. The zero-order chi connectivity index (χ0) is 20.9. The molecule has 1 aliphatic rings. The summed E-state index contributed by atoms with van der Waals surface area (Å²) < 4.78 is 11.1. The second kappa shape index (κ2) is 15.7. The maximum Gasteiger partial charge on any atom is 0.193 e. The number of ether oxygens (including phenoxy) is 2. The Labute approximate surface area is 200 Å². The summed E-state index contributed by atoms with van der Waals surface area (Å²) in [7, 11) is 1.74. The minimum atomic E-state index is 0. The molecule has 0 spiro atoms. The molecule has 1 heterocycles. The average Bonchev–Trinajstić information content (AvgIpc) is 2.74. The van der Waals surface area contributed by atoms with E-state index in [1.807, 2.05) is 6.07 Å². The zero-order valence-corrected chi connectivity index (χ0v) is 21.4. The third-order valence-corrected chi connectivity index (χ3v) is 5.29. The minimum absolute atomic E-state index is 0. The van der Waals surface area contributed by atoms with Crippen LogP contribution in [0, 0.1) is 5.92 Å². The predicted molar refractivity (Wildman–Crippen MR) is 137 cm³/mol. The molecule has 0 aliphatic carbocycles. The van der Waals surface area contributed by atoms with Gasteiger partial charge in [0.1, 0.15) is 0 Å². The van der Waals surface area contributed by atoms with E-state index < -0.39 is 0 Å². The first-order valence-electron chi connectivity index (χ1n) is 11.1. The van der Waals surface area contributed by atoms with Crippen LogP contribution in [0.15, 0.2) is 35.3 Å². The number of rotatable bonds is 11. The Morgan fingerprint density at radius 1 is 1.17 bits per heavy atom. The van der Waals surface area contributed by atoms with E-state index in [9.17, 15) is 0 Å². The van der Waals surface area contributed by atoms with Crippen molar-refractivity contribution in [2.24, 2.45) is 10.9 Å². The second-order valence-corrected chi connectivity index (χ2v) is 7.96. The van der Waals surface area contributed by atoms with Crippen LogP contribution in [0.1, 0.15) is 40.0 Å². The summed E-state index contributed by atoms with van der Waals surface area (Å²) in [6.07, 6.45) is 3.42. The maximum absolute atomic E-state index is 5.99. The van der Waals surface area contributed by atoms with Gasteiger partial charge < -0.3 is 25.0 Å². The number of likely N-dealkylation sites (tertiary alicyclic amines) is 1. The molecule has 0 bridgehead atoms. The normalized spacial score (nSPS) is 16.3. The number of hydrogen-bond donors (Lipinski definition) is 2. The van der Waals surface area contributed by atoms with Crippen LogP contribution in [-0.2, 0) is 9.47 Å². The lowest BCUT2D eigenvalue weighted by molar-refractivity contribution is 0.00990. The van der Waals surface area contributed by atoms with E-state index in [-0.39, 0.29) is 24.0 Å². The molecule has 0 radical (unpaired) electrons. The van der Waals surface area contributed by atoms with Crippen LogP contribution in [0.5, 0.6) is 0 Å². The largest absolute Gasteiger partial charge is 0.385 e. The summed E-state index contributed by atoms with van der Waals surface area (Å²) in [6.45, 7) is 11.8. The summed E-state index contributed by atoms with van der Waals surface area (Å²) in [5.41, 5.74) is 1.15. The van der Waals surface area contributed by atoms with E-state index >= 15 is 0 Å². The lowest BCUT2D eigenvalue weighted by Gasteiger charge is -2.34. The number of piperidine rings is 1. The molecular formula is C23H41IN4O2. The van der Waals surface area contributed by atoms with Crippen LogP contribution in [0.2, 0.25) is 0 Å². The Kier molecular flexibility index (Phi) is 14.1. The molecule has 172 valence electrons. The molecule has 1 aromatic carbocycles. The first-order valence-corrected chi connectivity index (χ1v) is 11.1. The minimum Gasteiger partial charge on any atom is -0.385 e. The Balaban J connectivity index is 0.00000450. The molecule has 2 N–H and O–H groups in total. The standard InChI is InChI=1S/C23H40N4O2.HI/c1-5-24-23(27-14-12-21(13-15-27)29-17-9-16-28-4)25-18-22(19(2)3)26-20-10-7-6-8-11-20;/h6-8,10-11,19,21-22,26H,5,9,12-18H2,1-4H3,(H,24,25);1H. The lowest BCUT2D eigenvalue weighted by Crippen LogP contribution is -2.47. The highest BCUT2D eigenvalue weighted by molar-refractivity contribution is 14.0. The molecule has 1 aliphatic heterocycles. The molecule has 0 amide bonds. The van der Waals surface area contributed by atoms with Crippen molar-refractivity contribution in [3.63, 3.8) is 0 Å². The number of anilines is 1. The van der Waals surface area contributed by atoms with Crippen LogP contribution in [-0.4, -0.2) is 69.5 Å². The van der Waals surface area contributed by atoms with Gasteiger partial charge in [0, 0.05) is 51.7 Å². The first-order chi connectivity index (χ1) is 14.1. The third kappa shape index (κ3) is 9.83. The number of benzene rings is 1. The van der Waals surface area contributed by atoms with Crippen molar-refractivity contribution < 1.29 is 9.47 Å². The van der Waals surface area contributed by atoms with Crippen LogP contribution in [0.25, 0.3) is 0 Å². The maximum atomic E-state index is 5.99. The van der Waals surface area contributed by atoms with Gasteiger partial charge >= 0.3 is 0 Å². The SMILES string of the molecule is CCNC(=NCC(Nc1ccccc1)C(C)C)N1CCC(OCCCOC)CC1.I. The zero-order valence-electron chi connectivity index (χ0n) is 19.1. The Morgan fingerprint density at radius 2 is 1.87 bits per heavy atom. The molecule has 7 heteroatoms. The third-order valence-electron chi connectivity index (χ3n) is 5.29. The number of guanidine groups is 1. The first kappa shape index (κ1) is 27.0. The number of nitrogens with one attached hydrogen (secondary N) is 2. The quantitative estimate of drug-likeness (QED) is 0.194. The predicted octanol–water partition coefficient (Wildman–Crippen LogP) is 4.22. The van der Waals surface area contributed by atoms with E-state index in [1.54, 1.807) is 7.11 Å². The molecule has 1 aromatic rings. The van der Waals surface area contributed by atoms with E-state index in [4.69, 9.17) is 14.5 Å². The number of aliphatic imine (C=N–C) groups is 1. The van der Waals surface area contributed by atoms with Gasteiger partial charge in [0.05, 0.1) is 12.6 Å². The fraction of sp³-hybridized carbons (Fsp3) is 0.696. The summed E-state index contributed by atoms with van der Waals surface area (Å²) in [5.74, 6) is 1.51. The van der Waals surface area contributed by atoms with Crippen molar-refractivity contribution in [1.29, 1.82) is 0 Å². The molecule has 30 heavy (non-hydrogen) atoms. The van der Waals surface area contributed by atoms with Gasteiger partial charge in [-0.1, -0.05) is 32.0 Å². The van der Waals surface area contributed by atoms with Gasteiger partial charge in [-0.25, -0.2) is 0 Å². The summed E-state index contributed by atoms with van der Waals surface area (Å²) in [5, 5.41) is 7.11. The molecule has 1 unspecified atom stereocenters. The topological polar surface area (TPSA) is 58.1 Å². The van der Waals surface area contributed by atoms with E-state index in [2.05, 4.69) is 60.6 Å². The lowest BCUT2D eigenvalue weighted by atomic mass is 10.0. The van der Waals surface area contributed by atoms with Crippen molar-refractivity contribution in [3.8, 4) is 0 Å². The number of para-hydroxylation sites is 1. The van der Waals surface area contributed by atoms with Gasteiger partial charge in [0.15, 0.2) is 5.96 Å². The van der Waals surface area contributed by atoms with Gasteiger partial charge in [-0.3, -0.25) is 4.99 Å². The van der Waals surface area contributed by atoms with E-state index in [1.165, 1.54) is 0 Å². The Bertz CT molecular complexity index is 578. The van der Waals surface area contributed by atoms with Crippen LogP contribution >= 0.6 is 24.0 Å². The summed E-state index contributed by atoms with van der Waals surface area (Å²) in [4.78, 5) is 7.35. The molecular weight excluding hydrogens is 491 g/mol. The number of halogens is 1. The molecule has 1 saturated heterocycles. The monoisotopic (exact) mass is 532 g/mol. The average molecular weight is 533 g/mol. The molecule has 1 atom stereocenters. The molecule has 1 fully saturated rings. The van der Waals surface area contributed by atoms with E-state index in [0.717, 1.165) is 70.3 Å². The highest BCUT2D eigenvalue weighted by Gasteiger charge is 2.22. The molecule has 0 aromatic heterocycles. The molecule has 6 nitrogen and oxygen atoms in total. The van der Waals surface area contributed by atoms with Gasteiger partial charge in [-0.15, -0.1) is 24.0 Å². The van der Waals surface area contributed by atoms with Crippen molar-refractivity contribution in [1.82, 2.24) is 10.2 Å². The summed E-state index contributed by atoms with van der Waals surface area (Å²) in [6, 6.07) is 10.7. The van der Waals surface area contributed by atoms with Crippen LogP contribution < -0.4 is 10.6 Å².